The Labute approximate surface area is 289 Å². The van der Waals surface area contributed by atoms with E-state index in [4.69, 9.17) is 37.9 Å². The van der Waals surface area contributed by atoms with Crippen molar-refractivity contribution in [3.8, 4) is 5.75 Å². The predicted molar refractivity (Wildman–Crippen MR) is 191 cm³/mol. The lowest BCUT2D eigenvalue weighted by Crippen LogP contribution is -2.59. The zero-order valence-electron chi connectivity index (χ0n) is 28.5. The van der Waals surface area contributed by atoms with Crippen LogP contribution in [0.15, 0.2) is 65.8 Å². The lowest BCUT2D eigenvalue weighted by Gasteiger charge is -2.47. The van der Waals surface area contributed by atoms with Gasteiger partial charge in [-0.2, -0.15) is 0 Å². The molecule has 250 valence electrons. The minimum atomic E-state index is -0.949. The third kappa shape index (κ3) is 6.15. The van der Waals surface area contributed by atoms with Crippen molar-refractivity contribution in [2.45, 2.75) is 89.8 Å². The van der Waals surface area contributed by atoms with Gasteiger partial charge in [-0.25, -0.2) is 4.79 Å². The molecular formula is C38H47Cl2N5O2. The van der Waals surface area contributed by atoms with Crippen molar-refractivity contribution in [2.24, 2.45) is 4.99 Å². The third-order valence-electron chi connectivity index (χ3n) is 10.5. The second kappa shape index (κ2) is 13.1. The molecule has 0 saturated carbocycles. The van der Waals surface area contributed by atoms with Gasteiger partial charge in [0, 0.05) is 52.5 Å². The molecule has 0 bridgehead atoms. The second-order valence-electron chi connectivity index (χ2n) is 14.4. The maximum atomic E-state index is 15.2. The number of pyridine rings is 1. The summed E-state index contributed by atoms with van der Waals surface area (Å²) in [6, 6.07) is 18.1. The number of aliphatic imine (C=N–C) groups is 1. The fraction of sp³-hybridized carbons (Fsp3) is 0.500. The molecule has 2 fully saturated rings. The maximum absolute atomic E-state index is 15.2. The molecule has 3 aromatic rings. The molecule has 0 unspecified atom stereocenters. The van der Waals surface area contributed by atoms with Gasteiger partial charge in [0.2, 0.25) is 0 Å². The summed E-state index contributed by atoms with van der Waals surface area (Å²) in [6.45, 7) is 16.8. The molecule has 7 nitrogen and oxygen atoms in total. The lowest BCUT2D eigenvalue weighted by molar-refractivity contribution is 0.0872. The van der Waals surface area contributed by atoms with Crippen molar-refractivity contribution in [2.75, 3.05) is 32.8 Å². The molecule has 0 spiro atoms. The highest BCUT2D eigenvalue weighted by Gasteiger charge is 2.60. The van der Waals surface area contributed by atoms with Gasteiger partial charge in [-0.3, -0.25) is 14.9 Å². The van der Waals surface area contributed by atoms with Crippen LogP contribution in [0.25, 0.3) is 0 Å². The van der Waals surface area contributed by atoms with Crippen LogP contribution >= 0.6 is 23.2 Å². The topological polar surface area (TPSA) is 61.3 Å². The fourth-order valence-corrected chi connectivity index (χ4v) is 7.78. The van der Waals surface area contributed by atoms with E-state index in [0.717, 1.165) is 42.8 Å². The molecule has 3 aliphatic heterocycles. The number of hydrogen-bond donors (Lipinski definition) is 0. The molecule has 0 N–H and O–H groups in total. The quantitative estimate of drug-likeness (QED) is 0.262. The van der Waals surface area contributed by atoms with Gasteiger partial charge in [-0.1, -0.05) is 68.2 Å². The number of urea groups is 1. The highest BCUT2D eigenvalue weighted by Crippen LogP contribution is 2.54. The van der Waals surface area contributed by atoms with Crippen LogP contribution in [0.2, 0.25) is 10.0 Å². The van der Waals surface area contributed by atoms with E-state index in [-0.39, 0.29) is 11.4 Å². The van der Waals surface area contributed by atoms with E-state index in [0.29, 0.717) is 52.9 Å². The zero-order chi connectivity index (χ0) is 33.6. The van der Waals surface area contributed by atoms with Crippen molar-refractivity contribution in [3.05, 3.63) is 93.2 Å². The molecule has 1 aromatic heterocycles. The van der Waals surface area contributed by atoms with E-state index in [9.17, 15) is 0 Å². The van der Waals surface area contributed by atoms with Crippen molar-refractivity contribution in [1.82, 2.24) is 19.7 Å². The van der Waals surface area contributed by atoms with Crippen molar-refractivity contribution in [3.63, 3.8) is 0 Å². The summed E-state index contributed by atoms with van der Waals surface area (Å²) in [5, 5.41) is 1.27. The first-order chi connectivity index (χ1) is 22.4. The second-order valence-corrected chi connectivity index (χ2v) is 15.3. The number of benzene rings is 2. The average molecular weight is 677 g/mol. The number of piperidine rings is 1. The van der Waals surface area contributed by atoms with Crippen molar-refractivity contribution in [1.29, 1.82) is 0 Å². The number of likely N-dealkylation sites (tertiary alicyclic amines) is 2. The molecular weight excluding hydrogens is 629 g/mol. The van der Waals surface area contributed by atoms with Crippen LogP contribution in [0, 0.1) is 0 Å². The van der Waals surface area contributed by atoms with E-state index in [1.165, 1.54) is 12.8 Å². The van der Waals surface area contributed by atoms with Gasteiger partial charge in [0.25, 0.3) is 0 Å². The van der Waals surface area contributed by atoms with Gasteiger partial charge in [0.15, 0.2) is 0 Å². The molecule has 0 aliphatic carbocycles. The number of amidine groups is 1. The Morgan fingerprint density at radius 2 is 1.49 bits per heavy atom. The Kier molecular flexibility index (Phi) is 9.38. The van der Waals surface area contributed by atoms with Gasteiger partial charge in [0.05, 0.1) is 12.2 Å². The molecule has 4 heterocycles. The molecule has 3 aliphatic rings. The molecule has 2 saturated heterocycles. The van der Waals surface area contributed by atoms with Crippen LogP contribution in [-0.2, 0) is 16.5 Å². The number of rotatable bonds is 6. The minimum absolute atomic E-state index is 0.0684. The minimum Gasteiger partial charge on any atom is -0.493 e. The SMILES string of the molecule is CCOc1cc(C(C)(C)C)ncc1C1=N[C@@](C)(c2ccc(Cl)cc2)[C@@](C)(c2ccc(Cl)cc2)N1C(=O)N1CCC(N2CCCC2)CC1. The first-order valence-corrected chi connectivity index (χ1v) is 17.7. The standard InChI is InChI=1S/C38H47Cl2N5O2/c1-7-47-32-24-33(36(2,3)4)41-25-31(32)34-42-37(5,26-10-14-28(39)15-11-26)38(6,27-12-16-29(40)17-13-27)45(34)35(46)44-22-18-30(19-23-44)43-20-8-9-21-43/h10-17,24-25,30H,7-9,18-23H2,1-6H3/t37-,38+/m0/s1. The number of amides is 2. The van der Waals surface area contributed by atoms with Crippen LogP contribution in [0.5, 0.6) is 5.75 Å². The molecule has 2 aromatic carbocycles. The first kappa shape index (κ1) is 33.8. The Morgan fingerprint density at radius 3 is 2.04 bits per heavy atom. The zero-order valence-corrected chi connectivity index (χ0v) is 30.0. The third-order valence-corrected chi connectivity index (χ3v) is 11.0. The van der Waals surface area contributed by atoms with Gasteiger partial charge in [0.1, 0.15) is 22.7 Å². The van der Waals surface area contributed by atoms with Gasteiger partial charge in [-0.15, -0.1) is 0 Å². The lowest BCUT2D eigenvalue weighted by atomic mass is 9.71. The van der Waals surface area contributed by atoms with Crippen molar-refractivity contribution < 1.29 is 9.53 Å². The Hall–Kier alpha value is -3.13. The van der Waals surface area contributed by atoms with E-state index in [1.54, 1.807) is 0 Å². The van der Waals surface area contributed by atoms with Crippen LogP contribution in [0.4, 0.5) is 4.79 Å². The van der Waals surface area contributed by atoms with E-state index >= 15 is 4.79 Å². The molecule has 0 radical (unpaired) electrons. The van der Waals surface area contributed by atoms with Crippen LogP contribution < -0.4 is 4.74 Å². The Bertz CT molecular complexity index is 1620. The smallest absolute Gasteiger partial charge is 0.326 e. The maximum Gasteiger partial charge on any atom is 0.326 e. The van der Waals surface area contributed by atoms with E-state index < -0.39 is 11.1 Å². The number of halogens is 2. The first-order valence-electron chi connectivity index (χ1n) is 17.0. The Balaban J connectivity index is 1.52. The summed E-state index contributed by atoms with van der Waals surface area (Å²) in [5.41, 5.74) is 1.43. The van der Waals surface area contributed by atoms with Crippen molar-refractivity contribution >= 4 is 35.1 Å². The summed E-state index contributed by atoms with van der Waals surface area (Å²) in [7, 11) is 0. The summed E-state index contributed by atoms with van der Waals surface area (Å²) in [6.07, 6.45) is 6.29. The summed E-state index contributed by atoms with van der Waals surface area (Å²) in [4.78, 5) is 32.2. The molecule has 47 heavy (non-hydrogen) atoms. The van der Waals surface area contributed by atoms with E-state index in [2.05, 4.69) is 39.5 Å². The number of hydrogen-bond acceptors (Lipinski definition) is 5. The number of carbonyl (C=O) groups is 1. The van der Waals surface area contributed by atoms with Gasteiger partial charge >= 0.3 is 6.03 Å². The van der Waals surface area contributed by atoms with Crippen LogP contribution in [0.1, 0.15) is 89.6 Å². The van der Waals surface area contributed by atoms with Gasteiger partial charge < -0.3 is 14.5 Å². The summed E-state index contributed by atoms with van der Waals surface area (Å²) < 4.78 is 6.30. The predicted octanol–water partition coefficient (Wildman–Crippen LogP) is 8.66. The average Bonchev–Trinajstić information content (AvgIpc) is 3.67. The fourth-order valence-electron chi connectivity index (χ4n) is 7.53. The monoisotopic (exact) mass is 675 g/mol. The highest BCUT2D eigenvalue weighted by molar-refractivity contribution is 6.30. The summed E-state index contributed by atoms with van der Waals surface area (Å²) in [5.74, 6) is 1.21. The molecule has 6 rings (SSSR count). The number of aromatic nitrogens is 1. The summed E-state index contributed by atoms with van der Waals surface area (Å²) >= 11 is 12.8. The number of carbonyl (C=O) groups excluding carboxylic acids is 1. The largest absolute Gasteiger partial charge is 0.493 e. The van der Waals surface area contributed by atoms with Crippen LogP contribution in [0.3, 0.4) is 0 Å². The number of ether oxygens (including phenoxy) is 1. The molecule has 2 amide bonds. The Morgan fingerprint density at radius 1 is 0.915 bits per heavy atom. The highest BCUT2D eigenvalue weighted by atomic mass is 35.5. The molecule has 9 heteroatoms. The number of nitrogens with zero attached hydrogens (tertiary/aromatic N) is 5. The van der Waals surface area contributed by atoms with E-state index in [1.807, 2.05) is 77.5 Å². The van der Waals surface area contributed by atoms with Gasteiger partial charge in [-0.05, 0) is 94.9 Å². The van der Waals surface area contributed by atoms with Crippen LogP contribution in [-0.4, -0.2) is 70.4 Å². The normalized spacial score (nSPS) is 24.1. The molecule has 2 atom stereocenters.